The summed E-state index contributed by atoms with van der Waals surface area (Å²) in [5, 5.41) is 9.73. The number of carboxylic acids is 1. The Kier molecular flexibility index (Phi) is 50.1. The second kappa shape index (κ2) is 50.6. The van der Waals surface area contributed by atoms with E-state index in [0.29, 0.717) is 0 Å². The minimum Gasteiger partial charge on any atom is -0.481 e. The van der Waals surface area contributed by atoms with Crippen LogP contribution in [0, 0.1) is 5.92 Å². The van der Waals surface area contributed by atoms with Crippen molar-refractivity contribution in [3.8, 4) is 0 Å². The van der Waals surface area contributed by atoms with Gasteiger partial charge in [0.25, 0.3) is 0 Å². The molecule has 2 nitrogen and oxygen atoms in total. The van der Waals surface area contributed by atoms with E-state index in [4.69, 9.17) is 0 Å². The molecular formula is C54H108O2. The van der Waals surface area contributed by atoms with Crippen LogP contribution in [0.5, 0.6) is 0 Å². The van der Waals surface area contributed by atoms with Gasteiger partial charge in [-0.15, -0.1) is 0 Å². The first-order valence-corrected chi connectivity index (χ1v) is 26.9. The molecule has 0 saturated carbocycles. The van der Waals surface area contributed by atoms with Crippen LogP contribution in [-0.4, -0.2) is 11.1 Å². The van der Waals surface area contributed by atoms with E-state index in [1.54, 1.807) is 0 Å². The normalized spacial score (nSPS) is 12.2. The monoisotopic (exact) mass is 789 g/mol. The van der Waals surface area contributed by atoms with Gasteiger partial charge in [-0.3, -0.25) is 4.79 Å². The molecule has 0 aliphatic carbocycles. The molecule has 2 heteroatoms. The van der Waals surface area contributed by atoms with Gasteiger partial charge < -0.3 is 5.11 Å². The molecule has 1 atom stereocenters. The van der Waals surface area contributed by atoms with Crippen LogP contribution in [0.3, 0.4) is 0 Å². The third kappa shape index (κ3) is 47.8. The molecule has 1 unspecified atom stereocenters. The molecule has 0 aliphatic heterocycles. The zero-order chi connectivity index (χ0) is 40.5. The Balaban J connectivity index is 3.30. The van der Waals surface area contributed by atoms with Gasteiger partial charge in [0.15, 0.2) is 0 Å². The molecule has 0 rings (SSSR count). The standard InChI is InChI=1S/C54H108O2/c1-3-5-7-9-11-13-15-17-19-21-23-25-26-27-28-29-30-31-32-34-36-38-40-42-44-46-48-50-52-53(54(55)56)51-49-47-45-43-41-39-37-35-33-24-22-20-18-16-14-12-10-8-6-4-2/h53H,3-52H2,1-2H3,(H,55,56). The lowest BCUT2D eigenvalue weighted by Crippen LogP contribution is -2.13. The van der Waals surface area contributed by atoms with Crippen molar-refractivity contribution >= 4 is 5.97 Å². The Bertz CT molecular complexity index is 703. The van der Waals surface area contributed by atoms with E-state index in [0.717, 1.165) is 25.7 Å². The van der Waals surface area contributed by atoms with E-state index in [2.05, 4.69) is 13.8 Å². The van der Waals surface area contributed by atoms with E-state index in [1.165, 1.54) is 295 Å². The summed E-state index contributed by atoms with van der Waals surface area (Å²) in [4.78, 5) is 11.8. The van der Waals surface area contributed by atoms with Crippen LogP contribution in [-0.2, 0) is 4.79 Å². The lowest BCUT2D eigenvalue weighted by atomic mass is 9.94. The molecular weight excluding hydrogens is 681 g/mol. The van der Waals surface area contributed by atoms with Gasteiger partial charge in [-0.25, -0.2) is 0 Å². The van der Waals surface area contributed by atoms with E-state index in [9.17, 15) is 9.90 Å². The molecule has 0 fully saturated rings. The number of hydrogen-bond acceptors (Lipinski definition) is 1. The Morgan fingerprint density at radius 3 is 0.500 bits per heavy atom. The quantitative estimate of drug-likeness (QED) is 0.0623. The molecule has 1 N–H and O–H groups in total. The molecule has 0 bridgehead atoms. The Labute approximate surface area is 355 Å². The van der Waals surface area contributed by atoms with Crippen molar-refractivity contribution in [2.45, 2.75) is 335 Å². The number of carbonyl (C=O) groups is 1. The van der Waals surface area contributed by atoms with Crippen LogP contribution in [0.25, 0.3) is 0 Å². The second-order valence-corrected chi connectivity index (χ2v) is 18.9. The van der Waals surface area contributed by atoms with E-state index >= 15 is 0 Å². The molecule has 0 aromatic carbocycles. The summed E-state index contributed by atoms with van der Waals surface area (Å²) in [6, 6.07) is 0. The molecule has 0 aromatic heterocycles. The SMILES string of the molecule is CCCCCCCCCCCCCCCCCCCCCCCCCCCCCCC(CCCCCCCCCCCCCCCCCCCCCC)C(=O)O. The molecule has 0 amide bonds. The smallest absolute Gasteiger partial charge is 0.306 e. The van der Waals surface area contributed by atoms with Gasteiger partial charge >= 0.3 is 5.97 Å². The summed E-state index contributed by atoms with van der Waals surface area (Å²) in [7, 11) is 0. The Hall–Kier alpha value is -0.530. The largest absolute Gasteiger partial charge is 0.481 e. The average molecular weight is 789 g/mol. The summed E-state index contributed by atoms with van der Waals surface area (Å²) in [5.74, 6) is -0.651. The maximum absolute atomic E-state index is 11.8. The van der Waals surface area contributed by atoms with E-state index in [1.807, 2.05) is 0 Å². The van der Waals surface area contributed by atoms with E-state index < -0.39 is 5.97 Å². The first kappa shape index (κ1) is 55.5. The maximum Gasteiger partial charge on any atom is 0.306 e. The highest BCUT2D eigenvalue weighted by atomic mass is 16.4. The van der Waals surface area contributed by atoms with Crippen molar-refractivity contribution in [1.82, 2.24) is 0 Å². The summed E-state index contributed by atoms with van der Waals surface area (Å²) < 4.78 is 0. The predicted molar refractivity (Wildman–Crippen MR) is 253 cm³/mol. The van der Waals surface area contributed by atoms with Gasteiger partial charge in [0, 0.05) is 0 Å². The summed E-state index contributed by atoms with van der Waals surface area (Å²) in [5.41, 5.74) is 0. The molecule has 336 valence electrons. The number of aliphatic carboxylic acids is 1. The fraction of sp³-hybridized carbons (Fsp3) is 0.981. The summed E-state index contributed by atoms with van der Waals surface area (Å²) in [6.07, 6.45) is 69.5. The van der Waals surface area contributed by atoms with Crippen LogP contribution in [0.4, 0.5) is 0 Å². The summed E-state index contributed by atoms with van der Waals surface area (Å²) in [6.45, 7) is 4.60. The number of hydrogen-bond donors (Lipinski definition) is 1. The minimum atomic E-state index is -0.548. The first-order valence-electron chi connectivity index (χ1n) is 26.9. The van der Waals surface area contributed by atoms with E-state index in [-0.39, 0.29) is 5.92 Å². The van der Waals surface area contributed by atoms with Gasteiger partial charge in [-0.2, -0.15) is 0 Å². The predicted octanol–water partition coefficient (Wildman–Crippen LogP) is 20.2. The fourth-order valence-corrected chi connectivity index (χ4v) is 9.10. The highest BCUT2D eigenvalue weighted by molar-refractivity contribution is 5.69. The number of rotatable bonds is 51. The maximum atomic E-state index is 11.8. The van der Waals surface area contributed by atoms with Crippen molar-refractivity contribution in [3.63, 3.8) is 0 Å². The van der Waals surface area contributed by atoms with Gasteiger partial charge in [-0.1, -0.05) is 322 Å². The highest BCUT2D eigenvalue weighted by Gasteiger charge is 2.16. The average Bonchev–Trinajstić information content (AvgIpc) is 3.20. The minimum absolute atomic E-state index is 0.102. The fourth-order valence-electron chi connectivity index (χ4n) is 9.10. The molecule has 0 saturated heterocycles. The van der Waals surface area contributed by atoms with Crippen molar-refractivity contribution in [2.24, 2.45) is 5.92 Å². The third-order valence-corrected chi connectivity index (χ3v) is 13.2. The van der Waals surface area contributed by atoms with Gasteiger partial charge in [0.2, 0.25) is 0 Å². The first-order chi connectivity index (χ1) is 27.7. The van der Waals surface area contributed by atoms with Crippen molar-refractivity contribution < 1.29 is 9.90 Å². The molecule has 0 aliphatic rings. The van der Waals surface area contributed by atoms with Crippen LogP contribution in [0.2, 0.25) is 0 Å². The van der Waals surface area contributed by atoms with Crippen LogP contribution < -0.4 is 0 Å². The number of carboxylic acid groups (broad SMARTS) is 1. The third-order valence-electron chi connectivity index (χ3n) is 13.2. The van der Waals surface area contributed by atoms with Crippen molar-refractivity contribution in [2.75, 3.05) is 0 Å². The highest BCUT2D eigenvalue weighted by Crippen LogP contribution is 2.21. The van der Waals surface area contributed by atoms with Crippen LogP contribution in [0.1, 0.15) is 335 Å². The van der Waals surface area contributed by atoms with Crippen LogP contribution in [0.15, 0.2) is 0 Å². The zero-order valence-corrected chi connectivity index (χ0v) is 39.3. The van der Waals surface area contributed by atoms with Crippen LogP contribution >= 0.6 is 0 Å². The molecule has 0 aromatic rings. The van der Waals surface area contributed by atoms with Gasteiger partial charge in [0.05, 0.1) is 5.92 Å². The van der Waals surface area contributed by atoms with Crippen molar-refractivity contribution in [1.29, 1.82) is 0 Å². The van der Waals surface area contributed by atoms with Crippen molar-refractivity contribution in [3.05, 3.63) is 0 Å². The second-order valence-electron chi connectivity index (χ2n) is 18.9. The molecule has 0 radical (unpaired) electrons. The number of unbranched alkanes of at least 4 members (excludes halogenated alkanes) is 46. The Morgan fingerprint density at radius 2 is 0.375 bits per heavy atom. The molecule has 0 spiro atoms. The molecule has 0 heterocycles. The Morgan fingerprint density at radius 1 is 0.250 bits per heavy atom. The van der Waals surface area contributed by atoms with Gasteiger partial charge in [-0.05, 0) is 12.8 Å². The lowest BCUT2D eigenvalue weighted by Gasteiger charge is -2.12. The zero-order valence-electron chi connectivity index (χ0n) is 39.3. The summed E-state index contributed by atoms with van der Waals surface area (Å²) >= 11 is 0. The molecule has 56 heavy (non-hydrogen) atoms. The lowest BCUT2D eigenvalue weighted by molar-refractivity contribution is -0.142. The van der Waals surface area contributed by atoms with Gasteiger partial charge in [0.1, 0.15) is 0 Å². The topological polar surface area (TPSA) is 37.3 Å².